The summed E-state index contributed by atoms with van der Waals surface area (Å²) < 4.78 is 2.13. The van der Waals surface area contributed by atoms with Crippen LogP contribution in [0.1, 0.15) is 0 Å². The highest BCUT2D eigenvalue weighted by atomic mass is 32.2. The number of amides is 1. The average Bonchev–Trinajstić information content (AvgIpc) is 3.05. The number of nitrogens with zero attached hydrogens (tertiary/aromatic N) is 2. The van der Waals surface area contributed by atoms with Gasteiger partial charge in [0.1, 0.15) is 4.70 Å². The fourth-order valence-electron chi connectivity index (χ4n) is 2.12. The monoisotopic (exact) mass is 377 g/mol. The molecule has 2 heterocycles. The van der Waals surface area contributed by atoms with Gasteiger partial charge >= 0.3 is 0 Å². The largest absolute Gasteiger partial charge is 0.325 e. The summed E-state index contributed by atoms with van der Waals surface area (Å²) in [5.41, 5.74) is 1.37. The topological polar surface area (TPSA) is 64.0 Å². The third-order valence-electron chi connectivity index (χ3n) is 3.33. The van der Waals surface area contributed by atoms with E-state index < -0.39 is 0 Å². The molecule has 0 unspecified atom stereocenters. The predicted molar refractivity (Wildman–Crippen MR) is 102 cm³/mol. The molecule has 0 fully saturated rings. The van der Waals surface area contributed by atoms with Gasteiger partial charge < -0.3 is 5.32 Å². The van der Waals surface area contributed by atoms with E-state index in [0.717, 1.165) is 10.6 Å². The molecule has 0 aliphatic carbocycles. The van der Waals surface area contributed by atoms with Gasteiger partial charge in [0.2, 0.25) is 5.91 Å². The maximum Gasteiger partial charge on any atom is 0.271 e. The Morgan fingerprint density at radius 3 is 3.00 bits per heavy atom. The third-order valence-corrected chi connectivity index (χ3v) is 5.98. The van der Waals surface area contributed by atoms with Crippen LogP contribution in [0.2, 0.25) is 0 Å². The van der Waals surface area contributed by atoms with E-state index >= 15 is 0 Å². The highest BCUT2D eigenvalue weighted by Crippen LogP contribution is 2.21. The lowest BCUT2D eigenvalue weighted by atomic mass is 10.3. The standard InChI is InChI=1S/C16H15N3O2S3/c1-19-15(21)14-12(6-7-23-14)18-16(19)24-9-13(20)17-10-4-3-5-11(8-10)22-2/h3-8H,9H2,1-2H3,(H,17,20). The summed E-state index contributed by atoms with van der Waals surface area (Å²) in [7, 11) is 1.68. The number of carbonyl (C=O) groups excluding carboxylic acids is 1. The van der Waals surface area contributed by atoms with Gasteiger partial charge in [0.25, 0.3) is 5.56 Å². The highest BCUT2D eigenvalue weighted by Gasteiger charge is 2.12. The molecule has 0 radical (unpaired) electrons. The summed E-state index contributed by atoms with van der Waals surface area (Å²) in [6, 6.07) is 9.50. The molecule has 8 heteroatoms. The van der Waals surface area contributed by atoms with E-state index in [0.29, 0.717) is 15.4 Å². The predicted octanol–water partition coefficient (Wildman–Crippen LogP) is 3.45. The van der Waals surface area contributed by atoms with E-state index in [4.69, 9.17) is 0 Å². The Morgan fingerprint density at radius 2 is 2.21 bits per heavy atom. The summed E-state index contributed by atoms with van der Waals surface area (Å²) in [4.78, 5) is 29.9. The number of anilines is 1. The van der Waals surface area contributed by atoms with Crippen LogP contribution in [0.4, 0.5) is 5.69 Å². The second-order valence-corrected chi connectivity index (χ2v) is 7.70. The quantitative estimate of drug-likeness (QED) is 0.545. The van der Waals surface area contributed by atoms with E-state index in [1.807, 2.05) is 42.0 Å². The van der Waals surface area contributed by atoms with Crippen molar-refractivity contribution in [2.45, 2.75) is 10.1 Å². The van der Waals surface area contributed by atoms with Crippen LogP contribution in [0.15, 0.2) is 50.6 Å². The third kappa shape index (κ3) is 3.66. The van der Waals surface area contributed by atoms with Crippen molar-refractivity contribution in [1.82, 2.24) is 9.55 Å². The Morgan fingerprint density at radius 1 is 1.38 bits per heavy atom. The fraction of sp³-hybridized carbons (Fsp3) is 0.188. The van der Waals surface area contributed by atoms with Crippen molar-refractivity contribution in [3.63, 3.8) is 0 Å². The van der Waals surface area contributed by atoms with Gasteiger partial charge in [0.05, 0.1) is 11.3 Å². The molecule has 0 saturated heterocycles. The molecule has 5 nitrogen and oxygen atoms in total. The maximum atomic E-state index is 12.2. The summed E-state index contributed by atoms with van der Waals surface area (Å²) >= 11 is 4.26. The number of fused-ring (bicyclic) bond motifs is 1. The summed E-state index contributed by atoms with van der Waals surface area (Å²) in [6.45, 7) is 0. The number of rotatable bonds is 5. The normalized spacial score (nSPS) is 10.9. The Balaban J connectivity index is 1.70. The van der Waals surface area contributed by atoms with Gasteiger partial charge in [-0.25, -0.2) is 4.98 Å². The summed E-state index contributed by atoms with van der Waals surface area (Å²) in [6.07, 6.45) is 1.99. The lowest BCUT2D eigenvalue weighted by Crippen LogP contribution is -2.20. The van der Waals surface area contributed by atoms with Crippen LogP contribution >= 0.6 is 34.9 Å². The SMILES string of the molecule is CSc1cccc(NC(=O)CSc2nc3ccsc3c(=O)n2C)c1. The molecule has 0 bridgehead atoms. The summed E-state index contributed by atoms with van der Waals surface area (Å²) in [5.74, 6) is 0.0669. The van der Waals surface area contributed by atoms with Crippen molar-refractivity contribution in [3.05, 3.63) is 46.1 Å². The average molecular weight is 378 g/mol. The molecular weight excluding hydrogens is 362 g/mol. The van der Waals surface area contributed by atoms with Crippen molar-refractivity contribution < 1.29 is 4.79 Å². The Labute approximate surface area is 151 Å². The number of hydrogen-bond donors (Lipinski definition) is 1. The molecule has 3 rings (SSSR count). The van der Waals surface area contributed by atoms with Crippen LogP contribution in [-0.2, 0) is 11.8 Å². The van der Waals surface area contributed by atoms with Crippen molar-refractivity contribution in [1.29, 1.82) is 0 Å². The Bertz CT molecular complexity index is 949. The molecule has 0 aliphatic rings. The van der Waals surface area contributed by atoms with Gasteiger partial charge in [-0.3, -0.25) is 14.2 Å². The van der Waals surface area contributed by atoms with Gasteiger partial charge in [0, 0.05) is 17.6 Å². The van der Waals surface area contributed by atoms with E-state index in [9.17, 15) is 9.59 Å². The second kappa shape index (κ2) is 7.42. The van der Waals surface area contributed by atoms with Gasteiger partial charge in [0.15, 0.2) is 5.16 Å². The molecule has 0 aliphatic heterocycles. The first kappa shape index (κ1) is 17.1. The molecule has 2 aromatic heterocycles. The van der Waals surface area contributed by atoms with E-state index in [1.165, 1.54) is 27.7 Å². The first-order valence-electron chi connectivity index (χ1n) is 7.09. The molecule has 3 aromatic rings. The first-order chi connectivity index (χ1) is 11.6. The Hall–Kier alpha value is -1.77. The van der Waals surface area contributed by atoms with Crippen LogP contribution in [0.5, 0.6) is 0 Å². The van der Waals surface area contributed by atoms with Gasteiger partial charge in [-0.05, 0) is 35.9 Å². The molecule has 0 atom stereocenters. The van der Waals surface area contributed by atoms with Gasteiger partial charge in [-0.1, -0.05) is 17.8 Å². The lowest BCUT2D eigenvalue weighted by molar-refractivity contribution is -0.113. The van der Waals surface area contributed by atoms with Crippen LogP contribution in [0.25, 0.3) is 10.2 Å². The zero-order chi connectivity index (χ0) is 17.1. The van der Waals surface area contributed by atoms with Gasteiger partial charge in [-0.15, -0.1) is 23.1 Å². The van der Waals surface area contributed by atoms with E-state index in [1.54, 1.807) is 18.8 Å². The number of benzene rings is 1. The van der Waals surface area contributed by atoms with E-state index in [-0.39, 0.29) is 17.2 Å². The van der Waals surface area contributed by atoms with Crippen molar-refractivity contribution >= 4 is 56.7 Å². The number of carbonyl (C=O) groups is 1. The van der Waals surface area contributed by atoms with Crippen LogP contribution < -0.4 is 10.9 Å². The zero-order valence-corrected chi connectivity index (χ0v) is 15.6. The Kier molecular flexibility index (Phi) is 5.27. The van der Waals surface area contributed by atoms with Crippen molar-refractivity contribution in [2.75, 3.05) is 17.3 Å². The number of aromatic nitrogens is 2. The van der Waals surface area contributed by atoms with Gasteiger partial charge in [-0.2, -0.15) is 0 Å². The minimum absolute atomic E-state index is 0.0782. The van der Waals surface area contributed by atoms with E-state index in [2.05, 4.69) is 10.3 Å². The molecule has 124 valence electrons. The fourth-order valence-corrected chi connectivity index (χ4v) is 4.16. The molecule has 1 N–H and O–H groups in total. The van der Waals surface area contributed by atoms with Crippen LogP contribution in [-0.4, -0.2) is 27.5 Å². The number of nitrogens with one attached hydrogen (secondary N) is 1. The second-order valence-electron chi connectivity index (χ2n) is 4.96. The number of thioether (sulfide) groups is 2. The van der Waals surface area contributed by atoms with Crippen LogP contribution in [0, 0.1) is 0 Å². The molecule has 24 heavy (non-hydrogen) atoms. The molecule has 1 aromatic carbocycles. The van der Waals surface area contributed by atoms with Crippen LogP contribution in [0.3, 0.4) is 0 Å². The molecule has 1 amide bonds. The molecule has 0 spiro atoms. The van der Waals surface area contributed by atoms with Crippen molar-refractivity contribution in [2.24, 2.45) is 7.05 Å². The number of thiophene rings is 1. The number of hydrogen-bond acceptors (Lipinski definition) is 6. The highest BCUT2D eigenvalue weighted by molar-refractivity contribution is 7.99. The smallest absolute Gasteiger partial charge is 0.271 e. The molecule has 0 saturated carbocycles. The zero-order valence-electron chi connectivity index (χ0n) is 13.1. The summed E-state index contributed by atoms with van der Waals surface area (Å²) in [5, 5.41) is 5.25. The maximum absolute atomic E-state index is 12.2. The first-order valence-corrected chi connectivity index (χ1v) is 10.2. The minimum atomic E-state index is -0.127. The molecular formula is C16H15N3O2S3. The lowest BCUT2D eigenvalue weighted by Gasteiger charge is -2.08. The van der Waals surface area contributed by atoms with Crippen molar-refractivity contribution in [3.8, 4) is 0 Å². The minimum Gasteiger partial charge on any atom is -0.325 e.